The maximum absolute atomic E-state index is 12.7. The smallest absolute Gasteiger partial charge is 0.251 e. The molecule has 1 aliphatic carbocycles. The first-order chi connectivity index (χ1) is 14.9. The monoisotopic (exact) mass is 427 g/mol. The molecule has 3 rings (SSSR count). The van der Waals surface area contributed by atoms with Crippen LogP contribution in [-0.2, 0) is 0 Å². The van der Waals surface area contributed by atoms with Crippen molar-refractivity contribution >= 4 is 17.7 Å². The third kappa shape index (κ3) is 6.23. The molecule has 1 amide bonds. The second-order valence-corrected chi connectivity index (χ2v) is 8.26. The molecule has 2 aromatic rings. The van der Waals surface area contributed by atoms with Crippen molar-refractivity contribution in [2.24, 2.45) is 5.92 Å². The van der Waals surface area contributed by atoms with Gasteiger partial charge in [0, 0.05) is 50.1 Å². The van der Waals surface area contributed by atoms with E-state index in [0.29, 0.717) is 28.9 Å². The van der Waals surface area contributed by atoms with Crippen molar-refractivity contribution in [2.45, 2.75) is 38.6 Å². The first kappa shape index (κ1) is 22.7. The molecular weight excluding hydrogens is 394 g/mol. The zero-order chi connectivity index (χ0) is 22.4. The maximum Gasteiger partial charge on any atom is 0.251 e. The van der Waals surface area contributed by atoms with E-state index < -0.39 is 0 Å². The molecular formula is C23H33N5O3. The summed E-state index contributed by atoms with van der Waals surface area (Å²) in [5, 5.41) is 6.55. The summed E-state index contributed by atoms with van der Waals surface area (Å²) in [5.41, 5.74) is 1.50. The first-order valence-electron chi connectivity index (χ1n) is 10.7. The highest BCUT2D eigenvalue weighted by atomic mass is 16.5. The van der Waals surface area contributed by atoms with Gasteiger partial charge in [0.2, 0.25) is 5.95 Å². The zero-order valence-electron chi connectivity index (χ0n) is 19.1. The number of hydrogen-bond donors (Lipinski definition) is 2. The van der Waals surface area contributed by atoms with Gasteiger partial charge in [0.05, 0.1) is 14.2 Å². The molecule has 1 saturated carbocycles. The molecule has 31 heavy (non-hydrogen) atoms. The van der Waals surface area contributed by atoms with Crippen molar-refractivity contribution in [1.82, 2.24) is 15.3 Å². The fourth-order valence-corrected chi connectivity index (χ4v) is 3.81. The van der Waals surface area contributed by atoms with Crippen LogP contribution >= 0.6 is 0 Å². The summed E-state index contributed by atoms with van der Waals surface area (Å²) >= 11 is 0. The number of aryl methyl sites for hydroxylation is 1. The van der Waals surface area contributed by atoms with Gasteiger partial charge < -0.3 is 25.0 Å². The van der Waals surface area contributed by atoms with Crippen LogP contribution in [0.2, 0.25) is 0 Å². The number of anilines is 2. The second-order valence-electron chi connectivity index (χ2n) is 8.26. The molecule has 1 aliphatic rings. The second kappa shape index (κ2) is 10.3. The molecule has 0 atom stereocenters. The van der Waals surface area contributed by atoms with E-state index in [4.69, 9.17) is 9.47 Å². The summed E-state index contributed by atoms with van der Waals surface area (Å²) in [6, 6.07) is 7.37. The van der Waals surface area contributed by atoms with E-state index in [0.717, 1.165) is 43.7 Å². The van der Waals surface area contributed by atoms with Crippen LogP contribution in [0.25, 0.3) is 0 Å². The number of aromatic nitrogens is 2. The lowest BCUT2D eigenvalue weighted by molar-refractivity contribution is 0.0922. The molecule has 1 aromatic heterocycles. The summed E-state index contributed by atoms with van der Waals surface area (Å²) in [6.07, 6.45) is 4.01. The Kier molecular flexibility index (Phi) is 7.55. The highest BCUT2D eigenvalue weighted by Crippen LogP contribution is 2.26. The number of amides is 1. The molecule has 0 unspecified atom stereocenters. The van der Waals surface area contributed by atoms with Crippen LogP contribution in [0.5, 0.6) is 11.5 Å². The van der Waals surface area contributed by atoms with Crippen molar-refractivity contribution in [3.8, 4) is 11.5 Å². The quantitative estimate of drug-likeness (QED) is 0.668. The number of carbonyl (C=O) groups is 1. The summed E-state index contributed by atoms with van der Waals surface area (Å²) in [7, 11) is 7.11. The van der Waals surface area contributed by atoms with Crippen LogP contribution in [-0.4, -0.2) is 56.8 Å². The van der Waals surface area contributed by atoms with E-state index in [-0.39, 0.29) is 11.9 Å². The lowest BCUT2D eigenvalue weighted by atomic mass is 9.86. The molecule has 1 heterocycles. The molecule has 1 fully saturated rings. The summed E-state index contributed by atoms with van der Waals surface area (Å²) in [6.45, 7) is 2.82. The van der Waals surface area contributed by atoms with Gasteiger partial charge in [0.1, 0.15) is 17.3 Å². The number of rotatable bonds is 8. The summed E-state index contributed by atoms with van der Waals surface area (Å²) in [4.78, 5) is 23.7. The van der Waals surface area contributed by atoms with Gasteiger partial charge in [-0.05, 0) is 50.7 Å². The predicted molar refractivity (Wildman–Crippen MR) is 122 cm³/mol. The van der Waals surface area contributed by atoms with Gasteiger partial charge >= 0.3 is 0 Å². The van der Waals surface area contributed by atoms with E-state index >= 15 is 0 Å². The van der Waals surface area contributed by atoms with Crippen LogP contribution in [0.1, 0.15) is 41.7 Å². The molecule has 0 saturated heterocycles. The number of nitrogens with one attached hydrogen (secondary N) is 2. The average molecular weight is 428 g/mol. The predicted octanol–water partition coefficient (Wildman–Crippen LogP) is 3.27. The SMILES string of the molecule is COc1cc(OC)cc(C(=O)NC2CCC(CNc3nc(C)cc(N(C)C)n3)CC2)c1. The van der Waals surface area contributed by atoms with Gasteiger partial charge in [0.15, 0.2) is 0 Å². The third-order valence-electron chi connectivity index (χ3n) is 5.64. The molecule has 0 spiro atoms. The topological polar surface area (TPSA) is 88.6 Å². The Balaban J connectivity index is 1.49. The zero-order valence-corrected chi connectivity index (χ0v) is 19.1. The Morgan fingerprint density at radius 2 is 1.68 bits per heavy atom. The summed E-state index contributed by atoms with van der Waals surface area (Å²) < 4.78 is 10.5. The van der Waals surface area contributed by atoms with Crippen LogP contribution < -0.4 is 25.0 Å². The minimum absolute atomic E-state index is 0.0943. The van der Waals surface area contributed by atoms with Gasteiger partial charge in [0.25, 0.3) is 5.91 Å². The van der Waals surface area contributed by atoms with Crippen molar-refractivity contribution in [3.05, 3.63) is 35.5 Å². The highest BCUT2D eigenvalue weighted by molar-refractivity contribution is 5.95. The minimum Gasteiger partial charge on any atom is -0.497 e. The number of ether oxygens (including phenoxy) is 2. The van der Waals surface area contributed by atoms with E-state index in [1.807, 2.05) is 32.0 Å². The Hall–Kier alpha value is -3.03. The van der Waals surface area contributed by atoms with Crippen molar-refractivity contribution in [3.63, 3.8) is 0 Å². The molecule has 0 bridgehead atoms. The van der Waals surface area contributed by atoms with E-state index in [9.17, 15) is 4.79 Å². The van der Waals surface area contributed by atoms with Crippen LogP contribution in [0.15, 0.2) is 24.3 Å². The number of methoxy groups -OCH3 is 2. The molecule has 2 N–H and O–H groups in total. The lowest BCUT2D eigenvalue weighted by Crippen LogP contribution is -2.38. The Morgan fingerprint density at radius 1 is 1.03 bits per heavy atom. The third-order valence-corrected chi connectivity index (χ3v) is 5.64. The Bertz CT molecular complexity index is 873. The number of carbonyl (C=O) groups excluding carboxylic acids is 1. The number of hydrogen-bond acceptors (Lipinski definition) is 7. The summed E-state index contributed by atoms with van der Waals surface area (Å²) in [5.74, 6) is 3.23. The van der Waals surface area contributed by atoms with Crippen LogP contribution in [0.4, 0.5) is 11.8 Å². The lowest BCUT2D eigenvalue weighted by Gasteiger charge is -2.29. The molecule has 0 aliphatic heterocycles. The number of nitrogens with zero attached hydrogens (tertiary/aromatic N) is 3. The fraction of sp³-hybridized carbons (Fsp3) is 0.522. The average Bonchev–Trinajstić information content (AvgIpc) is 2.77. The van der Waals surface area contributed by atoms with Crippen LogP contribution in [0.3, 0.4) is 0 Å². The Labute approximate surface area is 184 Å². The van der Waals surface area contributed by atoms with Gasteiger partial charge in [-0.3, -0.25) is 4.79 Å². The fourth-order valence-electron chi connectivity index (χ4n) is 3.81. The van der Waals surface area contributed by atoms with Gasteiger partial charge in [-0.25, -0.2) is 4.98 Å². The largest absolute Gasteiger partial charge is 0.497 e. The maximum atomic E-state index is 12.7. The molecule has 1 aromatic carbocycles. The van der Waals surface area contributed by atoms with Crippen LogP contribution in [0, 0.1) is 12.8 Å². The van der Waals surface area contributed by atoms with Crippen molar-refractivity contribution < 1.29 is 14.3 Å². The van der Waals surface area contributed by atoms with E-state index in [2.05, 4.69) is 20.6 Å². The van der Waals surface area contributed by atoms with Crippen molar-refractivity contribution in [1.29, 1.82) is 0 Å². The normalized spacial score (nSPS) is 18.2. The standard InChI is InChI=1S/C23H33N5O3/c1-15-10-21(28(2)3)27-23(25-15)24-14-16-6-8-18(9-7-16)26-22(29)17-11-19(30-4)13-20(12-17)31-5/h10-13,16,18H,6-9,14H2,1-5H3,(H,26,29)(H,24,25,27). The van der Waals surface area contributed by atoms with E-state index in [1.165, 1.54) is 0 Å². The minimum atomic E-state index is -0.0943. The van der Waals surface area contributed by atoms with Gasteiger partial charge in [-0.15, -0.1) is 0 Å². The Morgan fingerprint density at radius 3 is 2.26 bits per heavy atom. The molecule has 0 radical (unpaired) electrons. The van der Waals surface area contributed by atoms with Gasteiger partial charge in [-0.2, -0.15) is 4.98 Å². The molecule has 8 nitrogen and oxygen atoms in total. The first-order valence-corrected chi connectivity index (χ1v) is 10.7. The van der Waals surface area contributed by atoms with Gasteiger partial charge in [-0.1, -0.05) is 0 Å². The number of benzene rings is 1. The molecule has 168 valence electrons. The molecule has 8 heteroatoms. The highest BCUT2D eigenvalue weighted by Gasteiger charge is 2.23. The van der Waals surface area contributed by atoms with E-state index in [1.54, 1.807) is 32.4 Å². The van der Waals surface area contributed by atoms with Crippen molar-refractivity contribution in [2.75, 3.05) is 45.1 Å².